The van der Waals surface area contributed by atoms with Crippen LogP contribution < -0.4 is 0 Å². The molecule has 0 fully saturated rings. The smallest absolute Gasteiger partial charge is 0.141 e. The molecule has 0 amide bonds. The van der Waals surface area contributed by atoms with Gasteiger partial charge in [0.2, 0.25) is 0 Å². The summed E-state index contributed by atoms with van der Waals surface area (Å²) in [5.41, 5.74) is 4.97. The molecule has 2 aromatic carbocycles. The maximum absolute atomic E-state index is 4.86. The Bertz CT molecular complexity index is 787. The molecule has 0 radical (unpaired) electrons. The standard InChI is InChI=1S/C20H24N2/c1-14(2)22-18-9-7-6-8-17(18)21-19(22)15-10-12-16(13-11-15)20(3,4)5/h6-14H,1-5H3. The second-order valence-corrected chi connectivity index (χ2v) is 7.22. The zero-order chi connectivity index (χ0) is 15.9. The van der Waals surface area contributed by atoms with Gasteiger partial charge in [0.1, 0.15) is 5.82 Å². The summed E-state index contributed by atoms with van der Waals surface area (Å²) in [6.45, 7) is 11.1. The molecule has 0 saturated heterocycles. The molecule has 1 heterocycles. The average Bonchev–Trinajstić information content (AvgIpc) is 2.86. The molecule has 0 unspecified atom stereocenters. The normalized spacial score (nSPS) is 12.3. The van der Waals surface area contributed by atoms with Crippen molar-refractivity contribution in [1.29, 1.82) is 0 Å². The number of nitrogens with zero attached hydrogens (tertiary/aromatic N) is 2. The number of hydrogen-bond donors (Lipinski definition) is 0. The Hall–Kier alpha value is -2.09. The first kappa shape index (κ1) is 14.8. The van der Waals surface area contributed by atoms with Crippen molar-refractivity contribution in [2.45, 2.75) is 46.1 Å². The van der Waals surface area contributed by atoms with Crippen molar-refractivity contribution in [3.63, 3.8) is 0 Å². The number of hydrogen-bond acceptors (Lipinski definition) is 1. The second-order valence-electron chi connectivity index (χ2n) is 7.22. The minimum atomic E-state index is 0.177. The van der Waals surface area contributed by atoms with E-state index in [4.69, 9.17) is 4.98 Å². The van der Waals surface area contributed by atoms with E-state index in [-0.39, 0.29) is 5.41 Å². The number of benzene rings is 2. The van der Waals surface area contributed by atoms with Crippen molar-refractivity contribution in [3.05, 3.63) is 54.1 Å². The molecule has 0 spiro atoms. The third kappa shape index (κ3) is 2.54. The van der Waals surface area contributed by atoms with Gasteiger partial charge in [0, 0.05) is 11.6 Å². The van der Waals surface area contributed by atoms with E-state index < -0.39 is 0 Å². The molecule has 3 rings (SSSR count). The van der Waals surface area contributed by atoms with Crippen molar-refractivity contribution in [3.8, 4) is 11.4 Å². The minimum absolute atomic E-state index is 0.177. The van der Waals surface area contributed by atoms with Crippen LogP contribution in [0.15, 0.2) is 48.5 Å². The van der Waals surface area contributed by atoms with Crippen molar-refractivity contribution < 1.29 is 0 Å². The number of rotatable bonds is 2. The van der Waals surface area contributed by atoms with Crippen LogP contribution in [-0.4, -0.2) is 9.55 Å². The van der Waals surface area contributed by atoms with Gasteiger partial charge in [0.15, 0.2) is 0 Å². The Morgan fingerprint density at radius 2 is 1.55 bits per heavy atom. The minimum Gasteiger partial charge on any atom is -0.321 e. The summed E-state index contributed by atoms with van der Waals surface area (Å²) >= 11 is 0. The average molecular weight is 292 g/mol. The van der Waals surface area contributed by atoms with Gasteiger partial charge in [-0.15, -0.1) is 0 Å². The van der Waals surface area contributed by atoms with Gasteiger partial charge in [0.05, 0.1) is 11.0 Å². The van der Waals surface area contributed by atoms with Crippen LogP contribution >= 0.6 is 0 Å². The van der Waals surface area contributed by atoms with Crippen molar-refractivity contribution in [1.82, 2.24) is 9.55 Å². The Balaban J connectivity index is 2.15. The largest absolute Gasteiger partial charge is 0.321 e. The summed E-state index contributed by atoms with van der Waals surface area (Å²) < 4.78 is 2.32. The summed E-state index contributed by atoms with van der Waals surface area (Å²) in [7, 11) is 0. The number of imidazole rings is 1. The first-order chi connectivity index (χ1) is 10.4. The van der Waals surface area contributed by atoms with Crippen LogP contribution in [0.2, 0.25) is 0 Å². The fourth-order valence-corrected chi connectivity index (χ4v) is 2.89. The van der Waals surface area contributed by atoms with Gasteiger partial charge in [0.25, 0.3) is 0 Å². The van der Waals surface area contributed by atoms with Crippen LogP contribution in [0, 0.1) is 0 Å². The molecule has 0 N–H and O–H groups in total. The van der Waals surface area contributed by atoms with E-state index in [2.05, 4.69) is 81.7 Å². The molecule has 0 aliphatic carbocycles. The van der Waals surface area contributed by atoms with Crippen molar-refractivity contribution in [2.24, 2.45) is 0 Å². The maximum atomic E-state index is 4.86. The molecule has 0 aliphatic heterocycles. The predicted molar refractivity (Wildman–Crippen MR) is 94.3 cm³/mol. The number of para-hydroxylation sites is 2. The Morgan fingerprint density at radius 3 is 2.14 bits per heavy atom. The Morgan fingerprint density at radius 1 is 0.909 bits per heavy atom. The highest BCUT2D eigenvalue weighted by Gasteiger charge is 2.17. The van der Waals surface area contributed by atoms with Crippen LogP contribution in [0.3, 0.4) is 0 Å². The van der Waals surface area contributed by atoms with Crippen LogP contribution in [0.5, 0.6) is 0 Å². The van der Waals surface area contributed by atoms with Crippen molar-refractivity contribution >= 4 is 11.0 Å². The summed E-state index contributed by atoms with van der Waals surface area (Å²) in [6, 6.07) is 17.6. The summed E-state index contributed by atoms with van der Waals surface area (Å²) in [6.07, 6.45) is 0. The lowest BCUT2D eigenvalue weighted by molar-refractivity contribution is 0.590. The van der Waals surface area contributed by atoms with Gasteiger partial charge in [-0.2, -0.15) is 0 Å². The third-order valence-electron chi connectivity index (χ3n) is 4.12. The summed E-state index contributed by atoms with van der Waals surface area (Å²) in [5.74, 6) is 1.05. The maximum Gasteiger partial charge on any atom is 0.141 e. The lowest BCUT2D eigenvalue weighted by atomic mass is 9.86. The molecule has 0 aliphatic rings. The molecule has 0 atom stereocenters. The van der Waals surface area contributed by atoms with E-state index in [1.165, 1.54) is 16.6 Å². The molecule has 1 aromatic heterocycles. The van der Waals surface area contributed by atoms with Gasteiger partial charge in [-0.1, -0.05) is 57.2 Å². The molecule has 114 valence electrons. The zero-order valence-corrected chi connectivity index (χ0v) is 14.1. The molecule has 0 saturated carbocycles. The number of aromatic nitrogens is 2. The Labute approximate surface area is 132 Å². The summed E-state index contributed by atoms with van der Waals surface area (Å²) in [5, 5.41) is 0. The van der Waals surface area contributed by atoms with E-state index in [1.54, 1.807) is 0 Å². The fraction of sp³-hybridized carbons (Fsp3) is 0.350. The highest BCUT2D eigenvalue weighted by molar-refractivity contribution is 5.80. The van der Waals surface area contributed by atoms with E-state index in [1.807, 2.05) is 6.07 Å². The van der Waals surface area contributed by atoms with Crippen molar-refractivity contribution in [2.75, 3.05) is 0 Å². The molecule has 22 heavy (non-hydrogen) atoms. The van der Waals surface area contributed by atoms with Crippen LogP contribution in [-0.2, 0) is 5.41 Å². The topological polar surface area (TPSA) is 17.8 Å². The zero-order valence-electron chi connectivity index (χ0n) is 14.1. The van der Waals surface area contributed by atoms with Crippen LogP contribution in [0.25, 0.3) is 22.4 Å². The van der Waals surface area contributed by atoms with Gasteiger partial charge in [-0.25, -0.2) is 4.98 Å². The molecule has 0 bridgehead atoms. The van der Waals surface area contributed by atoms with Gasteiger partial charge < -0.3 is 4.57 Å². The SMILES string of the molecule is CC(C)n1c(-c2ccc(C(C)(C)C)cc2)nc2ccccc21. The fourth-order valence-electron chi connectivity index (χ4n) is 2.89. The molecule has 3 aromatic rings. The van der Waals surface area contributed by atoms with E-state index >= 15 is 0 Å². The highest BCUT2D eigenvalue weighted by atomic mass is 15.1. The highest BCUT2D eigenvalue weighted by Crippen LogP contribution is 2.30. The first-order valence-corrected chi connectivity index (χ1v) is 7.96. The first-order valence-electron chi connectivity index (χ1n) is 7.96. The van der Waals surface area contributed by atoms with E-state index in [9.17, 15) is 0 Å². The van der Waals surface area contributed by atoms with E-state index in [0.29, 0.717) is 6.04 Å². The van der Waals surface area contributed by atoms with Gasteiger partial charge >= 0.3 is 0 Å². The summed E-state index contributed by atoms with van der Waals surface area (Å²) in [4.78, 5) is 4.86. The third-order valence-corrected chi connectivity index (χ3v) is 4.12. The predicted octanol–water partition coefficient (Wildman–Crippen LogP) is 5.58. The quantitative estimate of drug-likeness (QED) is 0.602. The number of fused-ring (bicyclic) bond motifs is 1. The lowest BCUT2D eigenvalue weighted by Gasteiger charge is -2.19. The lowest BCUT2D eigenvalue weighted by Crippen LogP contribution is -2.10. The molecular formula is C20H24N2. The monoisotopic (exact) mass is 292 g/mol. The van der Waals surface area contributed by atoms with Gasteiger partial charge in [-0.3, -0.25) is 0 Å². The second kappa shape index (κ2) is 5.28. The Kier molecular flexibility index (Phi) is 3.56. The van der Waals surface area contributed by atoms with E-state index in [0.717, 1.165) is 11.3 Å². The molecule has 2 heteroatoms. The molecular weight excluding hydrogens is 268 g/mol. The van der Waals surface area contributed by atoms with Gasteiger partial charge in [-0.05, 0) is 37.0 Å². The van der Waals surface area contributed by atoms with Crippen LogP contribution in [0.1, 0.15) is 46.2 Å². The van der Waals surface area contributed by atoms with Crippen LogP contribution in [0.4, 0.5) is 0 Å². The molecule has 2 nitrogen and oxygen atoms in total.